The molecule has 1 heterocycles. The second-order valence-corrected chi connectivity index (χ2v) is 4.16. The van der Waals surface area contributed by atoms with Gasteiger partial charge in [-0.05, 0) is 13.0 Å². The van der Waals surface area contributed by atoms with Gasteiger partial charge in [-0.15, -0.1) is 0 Å². The number of aliphatic carboxylic acids is 1. The van der Waals surface area contributed by atoms with Crippen LogP contribution < -0.4 is 0 Å². The fourth-order valence-corrected chi connectivity index (χ4v) is 1.92. The Morgan fingerprint density at radius 2 is 2.11 bits per heavy atom. The van der Waals surface area contributed by atoms with Gasteiger partial charge >= 0.3 is 5.97 Å². The van der Waals surface area contributed by atoms with Crippen LogP contribution in [-0.4, -0.2) is 44.8 Å². The molecule has 6 nitrogen and oxygen atoms in total. The van der Waals surface area contributed by atoms with Crippen LogP contribution in [0.5, 0.6) is 0 Å². The average Bonchev–Trinajstić information content (AvgIpc) is 2.79. The first-order chi connectivity index (χ1) is 9.11. The molecule has 0 radical (unpaired) electrons. The number of para-hydroxylation sites is 1. The standard InChI is InChI=1S/C13H15N3O3/c1-2-15(9-13(18)19)12(17)8-16-11-6-4-3-5-10(11)7-14-16/h3-7H,2,8-9H2,1H3,(H,18,19). The van der Waals surface area contributed by atoms with E-state index in [0.717, 1.165) is 10.9 Å². The molecule has 0 atom stereocenters. The number of nitrogens with zero attached hydrogens (tertiary/aromatic N) is 3. The number of carbonyl (C=O) groups excluding carboxylic acids is 1. The third-order valence-corrected chi connectivity index (χ3v) is 2.90. The van der Waals surface area contributed by atoms with Crippen molar-refractivity contribution >= 4 is 22.8 Å². The van der Waals surface area contributed by atoms with Crippen LogP contribution in [0.25, 0.3) is 10.9 Å². The number of rotatable bonds is 5. The first-order valence-electron chi connectivity index (χ1n) is 6.02. The van der Waals surface area contributed by atoms with E-state index in [9.17, 15) is 9.59 Å². The van der Waals surface area contributed by atoms with Gasteiger partial charge in [-0.25, -0.2) is 0 Å². The van der Waals surface area contributed by atoms with E-state index in [1.165, 1.54) is 4.90 Å². The summed E-state index contributed by atoms with van der Waals surface area (Å²) in [5.41, 5.74) is 0.863. The van der Waals surface area contributed by atoms with Crippen LogP contribution in [0.4, 0.5) is 0 Å². The van der Waals surface area contributed by atoms with E-state index in [-0.39, 0.29) is 19.0 Å². The van der Waals surface area contributed by atoms with Crippen molar-refractivity contribution in [2.75, 3.05) is 13.1 Å². The molecule has 1 aromatic carbocycles. The van der Waals surface area contributed by atoms with Crippen LogP contribution in [0.3, 0.4) is 0 Å². The minimum absolute atomic E-state index is 0.0502. The van der Waals surface area contributed by atoms with Crippen molar-refractivity contribution in [3.63, 3.8) is 0 Å². The predicted octanol–water partition coefficient (Wildman–Crippen LogP) is 0.969. The minimum atomic E-state index is -1.01. The number of hydrogen-bond donors (Lipinski definition) is 1. The Morgan fingerprint density at radius 1 is 1.37 bits per heavy atom. The molecule has 0 bridgehead atoms. The van der Waals surface area contributed by atoms with Gasteiger partial charge in [-0.3, -0.25) is 14.3 Å². The van der Waals surface area contributed by atoms with E-state index in [4.69, 9.17) is 5.11 Å². The van der Waals surface area contributed by atoms with Crippen LogP contribution in [0, 0.1) is 0 Å². The van der Waals surface area contributed by atoms with Crippen LogP contribution in [0.15, 0.2) is 30.5 Å². The zero-order chi connectivity index (χ0) is 13.8. The van der Waals surface area contributed by atoms with Gasteiger partial charge in [-0.2, -0.15) is 5.10 Å². The van der Waals surface area contributed by atoms with Gasteiger partial charge in [0.1, 0.15) is 13.1 Å². The zero-order valence-electron chi connectivity index (χ0n) is 10.6. The summed E-state index contributed by atoms with van der Waals surface area (Å²) in [5, 5.41) is 13.9. The van der Waals surface area contributed by atoms with Gasteiger partial charge in [0.25, 0.3) is 0 Å². The largest absolute Gasteiger partial charge is 0.480 e. The Morgan fingerprint density at radius 3 is 2.79 bits per heavy atom. The number of hydrogen-bond acceptors (Lipinski definition) is 3. The summed E-state index contributed by atoms with van der Waals surface area (Å²) >= 11 is 0. The van der Waals surface area contributed by atoms with Gasteiger partial charge in [0.2, 0.25) is 5.91 Å². The first-order valence-corrected chi connectivity index (χ1v) is 6.02. The normalized spacial score (nSPS) is 10.6. The monoisotopic (exact) mass is 261 g/mol. The second kappa shape index (κ2) is 5.51. The van der Waals surface area contributed by atoms with Gasteiger partial charge in [-0.1, -0.05) is 18.2 Å². The molecule has 1 N–H and O–H groups in total. The lowest BCUT2D eigenvalue weighted by Crippen LogP contribution is -2.37. The van der Waals surface area contributed by atoms with E-state index in [1.54, 1.807) is 17.8 Å². The summed E-state index contributed by atoms with van der Waals surface area (Å²) in [6.45, 7) is 1.88. The number of carboxylic acid groups (broad SMARTS) is 1. The fraction of sp³-hybridized carbons (Fsp3) is 0.308. The summed E-state index contributed by atoms with van der Waals surface area (Å²) < 4.78 is 1.59. The topological polar surface area (TPSA) is 75.4 Å². The Kier molecular flexibility index (Phi) is 3.79. The van der Waals surface area contributed by atoms with Crippen molar-refractivity contribution in [1.29, 1.82) is 0 Å². The second-order valence-electron chi connectivity index (χ2n) is 4.16. The molecule has 0 saturated heterocycles. The molecule has 2 aromatic rings. The molecule has 19 heavy (non-hydrogen) atoms. The number of aromatic nitrogens is 2. The van der Waals surface area contributed by atoms with Crippen molar-refractivity contribution in [2.45, 2.75) is 13.5 Å². The Bertz CT molecular complexity index is 606. The lowest BCUT2D eigenvalue weighted by Gasteiger charge is -2.18. The van der Waals surface area contributed by atoms with Crippen LogP contribution in [0.2, 0.25) is 0 Å². The predicted molar refractivity (Wildman–Crippen MR) is 69.6 cm³/mol. The van der Waals surface area contributed by atoms with Crippen LogP contribution in [0.1, 0.15) is 6.92 Å². The smallest absolute Gasteiger partial charge is 0.323 e. The van der Waals surface area contributed by atoms with E-state index in [1.807, 2.05) is 24.3 Å². The zero-order valence-corrected chi connectivity index (χ0v) is 10.6. The summed E-state index contributed by atoms with van der Waals surface area (Å²) in [7, 11) is 0. The SMILES string of the molecule is CCN(CC(=O)O)C(=O)Cn1ncc2ccccc21. The fourth-order valence-electron chi connectivity index (χ4n) is 1.92. The molecule has 1 amide bonds. The van der Waals surface area contributed by atoms with E-state index < -0.39 is 5.97 Å². The third kappa shape index (κ3) is 2.90. The number of fused-ring (bicyclic) bond motifs is 1. The maximum absolute atomic E-state index is 12.0. The van der Waals surface area contributed by atoms with Crippen molar-refractivity contribution in [2.24, 2.45) is 0 Å². The summed E-state index contributed by atoms with van der Waals surface area (Å²) in [4.78, 5) is 24.0. The Hall–Kier alpha value is -2.37. The van der Waals surface area contributed by atoms with Crippen molar-refractivity contribution in [1.82, 2.24) is 14.7 Å². The molecular weight excluding hydrogens is 246 g/mol. The Labute approximate surface area is 110 Å². The van der Waals surface area contributed by atoms with Gasteiger partial charge in [0, 0.05) is 11.9 Å². The molecule has 100 valence electrons. The molecule has 0 saturated carbocycles. The van der Waals surface area contributed by atoms with Crippen LogP contribution >= 0.6 is 0 Å². The highest BCUT2D eigenvalue weighted by Crippen LogP contribution is 2.12. The average molecular weight is 261 g/mol. The van der Waals surface area contributed by atoms with E-state index in [2.05, 4.69) is 5.10 Å². The summed E-state index contributed by atoms with van der Waals surface area (Å²) in [5.74, 6) is -1.26. The number of likely N-dealkylation sites (N-methyl/N-ethyl adjacent to an activating group) is 1. The van der Waals surface area contributed by atoms with Crippen LogP contribution in [-0.2, 0) is 16.1 Å². The van der Waals surface area contributed by atoms with Gasteiger partial charge in [0.05, 0.1) is 11.7 Å². The molecule has 0 unspecified atom stereocenters. The highest BCUT2D eigenvalue weighted by Gasteiger charge is 2.16. The molecule has 1 aromatic heterocycles. The molecule has 2 rings (SSSR count). The number of carbonyl (C=O) groups is 2. The maximum atomic E-state index is 12.0. The third-order valence-electron chi connectivity index (χ3n) is 2.90. The molecule has 0 aliphatic heterocycles. The molecule has 0 aliphatic carbocycles. The highest BCUT2D eigenvalue weighted by molar-refractivity contribution is 5.84. The molecule has 0 fully saturated rings. The summed E-state index contributed by atoms with van der Waals surface area (Å²) in [6.07, 6.45) is 1.69. The Balaban J connectivity index is 2.16. The van der Waals surface area contributed by atoms with E-state index in [0.29, 0.717) is 6.54 Å². The van der Waals surface area contributed by atoms with E-state index >= 15 is 0 Å². The number of amides is 1. The summed E-state index contributed by atoms with van der Waals surface area (Å²) in [6, 6.07) is 7.57. The number of benzene rings is 1. The highest BCUT2D eigenvalue weighted by atomic mass is 16.4. The van der Waals surface area contributed by atoms with Crippen molar-refractivity contribution < 1.29 is 14.7 Å². The maximum Gasteiger partial charge on any atom is 0.323 e. The van der Waals surface area contributed by atoms with Crippen molar-refractivity contribution in [3.8, 4) is 0 Å². The lowest BCUT2D eigenvalue weighted by molar-refractivity contribution is -0.144. The molecule has 0 spiro atoms. The number of carboxylic acids is 1. The van der Waals surface area contributed by atoms with Gasteiger partial charge < -0.3 is 10.0 Å². The van der Waals surface area contributed by atoms with Gasteiger partial charge in [0.15, 0.2) is 0 Å². The first kappa shape index (κ1) is 13.1. The quantitative estimate of drug-likeness (QED) is 0.870. The molecule has 6 heteroatoms. The molecular formula is C13H15N3O3. The minimum Gasteiger partial charge on any atom is -0.480 e. The van der Waals surface area contributed by atoms with Crippen molar-refractivity contribution in [3.05, 3.63) is 30.5 Å². The lowest BCUT2D eigenvalue weighted by atomic mass is 10.2. The molecule has 0 aliphatic rings.